The van der Waals surface area contributed by atoms with Crippen molar-refractivity contribution in [1.82, 2.24) is 15.5 Å². The molecule has 0 aliphatic rings. The van der Waals surface area contributed by atoms with E-state index in [4.69, 9.17) is 0 Å². The summed E-state index contributed by atoms with van der Waals surface area (Å²) in [4.78, 5) is 11.7. The Kier molecular flexibility index (Phi) is 5.27. The maximum Gasteiger partial charge on any atom is 0.271 e. The minimum absolute atomic E-state index is 0.201. The van der Waals surface area contributed by atoms with E-state index in [1.807, 2.05) is 32.0 Å². The second-order valence-corrected chi connectivity index (χ2v) is 5.52. The number of rotatable bonds is 5. The maximum absolute atomic E-state index is 11.7. The van der Waals surface area contributed by atoms with E-state index in [1.54, 1.807) is 12.1 Å². The molecule has 0 bridgehead atoms. The van der Waals surface area contributed by atoms with Crippen LogP contribution >= 0.6 is 15.9 Å². The van der Waals surface area contributed by atoms with Crippen molar-refractivity contribution in [3.05, 3.63) is 46.1 Å². The number of hydrogen-bond acceptors (Lipinski definition) is 4. The first-order valence-corrected chi connectivity index (χ1v) is 7.54. The van der Waals surface area contributed by atoms with E-state index in [0.29, 0.717) is 18.1 Å². The zero-order valence-electron chi connectivity index (χ0n) is 12.0. The van der Waals surface area contributed by atoms with Gasteiger partial charge in [-0.1, -0.05) is 13.0 Å². The van der Waals surface area contributed by atoms with Crippen LogP contribution in [0.3, 0.4) is 0 Å². The molecule has 2 N–H and O–H groups in total. The van der Waals surface area contributed by atoms with E-state index in [-0.39, 0.29) is 5.91 Å². The molecular weight excluding hydrogens is 332 g/mol. The lowest BCUT2D eigenvalue weighted by atomic mass is 10.2. The molecule has 2 aromatic rings. The van der Waals surface area contributed by atoms with Crippen LogP contribution in [0.1, 0.15) is 29.4 Å². The predicted molar refractivity (Wildman–Crippen MR) is 86.8 cm³/mol. The van der Waals surface area contributed by atoms with E-state index >= 15 is 0 Å². The lowest BCUT2D eigenvalue weighted by Crippen LogP contribution is -2.25. The van der Waals surface area contributed by atoms with Crippen molar-refractivity contribution < 1.29 is 4.79 Å². The van der Waals surface area contributed by atoms with Gasteiger partial charge >= 0.3 is 0 Å². The van der Waals surface area contributed by atoms with E-state index < -0.39 is 0 Å². The number of carbonyl (C=O) groups is 1. The van der Waals surface area contributed by atoms with Gasteiger partial charge in [0.05, 0.1) is 5.69 Å². The molecule has 0 aliphatic heterocycles. The normalized spacial score (nSPS) is 10.2. The minimum Gasteiger partial charge on any atom is -0.351 e. The molecule has 0 unspecified atom stereocenters. The van der Waals surface area contributed by atoms with Crippen molar-refractivity contribution in [1.29, 1.82) is 0 Å². The van der Waals surface area contributed by atoms with Gasteiger partial charge < -0.3 is 10.6 Å². The first-order valence-electron chi connectivity index (χ1n) is 6.75. The molecule has 21 heavy (non-hydrogen) atoms. The van der Waals surface area contributed by atoms with Crippen molar-refractivity contribution >= 4 is 33.3 Å². The van der Waals surface area contributed by atoms with E-state index in [2.05, 4.69) is 36.8 Å². The molecule has 5 nitrogen and oxygen atoms in total. The summed E-state index contributed by atoms with van der Waals surface area (Å²) in [7, 11) is 0. The summed E-state index contributed by atoms with van der Waals surface area (Å²) in [5.74, 6) is 0.388. The van der Waals surface area contributed by atoms with Crippen LogP contribution in [0.25, 0.3) is 0 Å². The van der Waals surface area contributed by atoms with Gasteiger partial charge in [-0.25, -0.2) is 0 Å². The number of amides is 1. The molecule has 1 aromatic heterocycles. The lowest BCUT2D eigenvalue weighted by Gasteiger charge is -2.08. The first kappa shape index (κ1) is 15.4. The number of nitrogens with one attached hydrogen (secondary N) is 2. The molecule has 0 saturated carbocycles. The Morgan fingerprint density at radius 3 is 2.67 bits per heavy atom. The SMILES string of the molecule is CCCNC(=O)c1ccc(Nc2ccc(C)cc2Br)nn1. The first-order chi connectivity index (χ1) is 10.1. The van der Waals surface area contributed by atoms with Gasteiger partial charge in [-0.15, -0.1) is 10.2 Å². The number of hydrogen-bond donors (Lipinski definition) is 2. The summed E-state index contributed by atoms with van der Waals surface area (Å²) < 4.78 is 0.953. The number of benzene rings is 1. The van der Waals surface area contributed by atoms with Gasteiger partial charge in [0.2, 0.25) is 0 Å². The van der Waals surface area contributed by atoms with E-state index in [1.165, 1.54) is 5.56 Å². The van der Waals surface area contributed by atoms with Crippen LogP contribution in [-0.2, 0) is 0 Å². The van der Waals surface area contributed by atoms with Crippen molar-refractivity contribution in [2.24, 2.45) is 0 Å². The molecule has 6 heteroatoms. The van der Waals surface area contributed by atoms with Crippen LogP contribution in [0.5, 0.6) is 0 Å². The molecule has 0 spiro atoms. The number of aryl methyl sites for hydroxylation is 1. The molecule has 0 fully saturated rings. The van der Waals surface area contributed by atoms with Crippen LogP contribution in [0, 0.1) is 6.92 Å². The molecule has 1 heterocycles. The number of nitrogens with zero attached hydrogens (tertiary/aromatic N) is 2. The number of anilines is 2. The zero-order chi connectivity index (χ0) is 15.2. The summed E-state index contributed by atoms with van der Waals surface area (Å²) in [6.45, 7) is 4.66. The Morgan fingerprint density at radius 2 is 2.05 bits per heavy atom. The van der Waals surface area contributed by atoms with Gasteiger partial charge in [-0.3, -0.25) is 4.79 Å². The summed E-state index contributed by atoms with van der Waals surface area (Å²) in [6, 6.07) is 9.38. The standard InChI is InChI=1S/C15H17BrN4O/c1-3-8-17-15(21)13-6-7-14(20-19-13)18-12-5-4-10(2)9-11(12)16/h4-7,9H,3,8H2,1-2H3,(H,17,21)(H,18,20). The fraction of sp³-hybridized carbons (Fsp3) is 0.267. The van der Waals surface area contributed by atoms with Crippen molar-refractivity contribution in [3.63, 3.8) is 0 Å². The van der Waals surface area contributed by atoms with Crippen LogP contribution in [-0.4, -0.2) is 22.6 Å². The molecular formula is C15H17BrN4O. The zero-order valence-corrected chi connectivity index (χ0v) is 13.6. The fourth-order valence-corrected chi connectivity index (χ4v) is 2.30. The number of carbonyl (C=O) groups excluding carboxylic acids is 1. The molecule has 2 rings (SSSR count). The average Bonchev–Trinajstić information content (AvgIpc) is 2.48. The predicted octanol–water partition coefficient (Wildman–Crippen LogP) is 3.43. The Morgan fingerprint density at radius 1 is 1.24 bits per heavy atom. The Balaban J connectivity index is 2.07. The third-order valence-electron chi connectivity index (χ3n) is 2.82. The molecule has 1 aromatic carbocycles. The second kappa shape index (κ2) is 7.17. The summed E-state index contributed by atoms with van der Waals surface area (Å²) >= 11 is 3.50. The van der Waals surface area contributed by atoms with Crippen molar-refractivity contribution in [2.75, 3.05) is 11.9 Å². The molecule has 110 valence electrons. The minimum atomic E-state index is -0.201. The molecule has 0 atom stereocenters. The van der Waals surface area contributed by atoms with Crippen molar-refractivity contribution in [3.8, 4) is 0 Å². The number of aromatic nitrogens is 2. The quantitative estimate of drug-likeness (QED) is 0.868. The molecule has 0 radical (unpaired) electrons. The van der Waals surface area contributed by atoms with Gasteiger partial charge in [-0.05, 0) is 59.1 Å². The summed E-state index contributed by atoms with van der Waals surface area (Å²) in [6.07, 6.45) is 0.889. The van der Waals surface area contributed by atoms with E-state index in [0.717, 1.165) is 16.6 Å². The third-order valence-corrected chi connectivity index (χ3v) is 3.48. The average molecular weight is 349 g/mol. The Labute approximate surface area is 132 Å². The van der Waals surface area contributed by atoms with Crippen molar-refractivity contribution in [2.45, 2.75) is 20.3 Å². The topological polar surface area (TPSA) is 66.9 Å². The van der Waals surface area contributed by atoms with Gasteiger partial charge in [-0.2, -0.15) is 0 Å². The second-order valence-electron chi connectivity index (χ2n) is 4.67. The Hall–Kier alpha value is -1.95. The summed E-state index contributed by atoms with van der Waals surface area (Å²) in [5.41, 5.74) is 2.39. The third kappa shape index (κ3) is 4.26. The van der Waals surface area contributed by atoms with Gasteiger partial charge in [0.25, 0.3) is 5.91 Å². The maximum atomic E-state index is 11.7. The highest BCUT2D eigenvalue weighted by molar-refractivity contribution is 9.10. The highest BCUT2D eigenvalue weighted by atomic mass is 79.9. The summed E-state index contributed by atoms with van der Waals surface area (Å²) in [5, 5.41) is 13.9. The molecule has 0 saturated heterocycles. The van der Waals surface area contributed by atoms with Gasteiger partial charge in [0.15, 0.2) is 11.5 Å². The van der Waals surface area contributed by atoms with Gasteiger partial charge in [0.1, 0.15) is 0 Å². The Bertz CT molecular complexity index is 628. The number of halogens is 1. The van der Waals surface area contributed by atoms with Crippen LogP contribution < -0.4 is 10.6 Å². The monoisotopic (exact) mass is 348 g/mol. The highest BCUT2D eigenvalue weighted by Gasteiger charge is 2.08. The van der Waals surface area contributed by atoms with Crippen LogP contribution in [0.2, 0.25) is 0 Å². The van der Waals surface area contributed by atoms with Gasteiger partial charge in [0, 0.05) is 11.0 Å². The van der Waals surface area contributed by atoms with Crippen LogP contribution in [0.15, 0.2) is 34.8 Å². The molecule has 1 amide bonds. The van der Waals surface area contributed by atoms with E-state index in [9.17, 15) is 4.79 Å². The van der Waals surface area contributed by atoms with Crippen LogP contribution in [0.4, 0.5) is 11.5 Å². The molecule has 0 aliphatic carbocycles. The lowest BCUT2D eigenvalue weighted by molar-refractivity contribution is 0.0947. The largest absolute Gasteiger partial charge is 0.351 e. The highest BCUT2D eigenvalue weighted by Crippen LogP contribution is 2.25. The fourth-order valence-electron chi connectivity index (χ4n) is 1.71. The smallest absolute Gasteiger partial charge is 0.271 e.